The van der Waals surface area contributed by atoms with Crippen molar-refractivity contribution in [2.45, 2.75) is 51.3 Å². The predicted octanol–water partition coefficient (Wildman–Crippen LogP) is 4.51. The molecule has 178 valence electrons. The van der Waals surface area contributed by atoms with Crippen molar-refractivity contribution in [1.29, 1.82) is 0 Å². The fourth-order valence-electron chi connectivity index (χ4n) is 4.15. The molecule has 0 unspecified atom stereocenters. The average Bonchev–Trinajstić information content (AvgIpc) is 3.33. The van der Waals surface area contributed by atoms with E-state index in [4.69, 9.17) is 9.47 Å². The first-order valence-electron chi connectivity index (χ1n) is 11.4. The molecule has 1 heterocycles. The summed E-state index contributed by atoms with van der Waals surface area (Å²) in [4.78, 5) is 30.2. The van der Waals surface area contributed by atoms with Crippen molar-refractivity contribution in [2.75, 3.05) is 7.11 Å². The number of aryl methyl sites for hydroxylation is 1. The van der Waals surface area contributed by atoms with E-state index in [0.29, 0.717) is 27.8 Å². The molecule has 0 aliphatic heterocycles. The predicted molar refractivity (Wildman–Crippen MR) is 132 cm³/mol. The second kappa shape index (κ2) is 11.2. The van der Waals surface area contributed by atoms with E-state index in [1.54, 1.807) is 12.5 Å². The van der Waals surface area contributed by atoms with E-state index in [9.17, 15) is 9.59 Å². The lowest BCUT2D eigenvalue weighted by molar-refractivity contribution is 0.0860. The summed E-state index contributed by atoms with van der Waals surface area (Å²) in [5, 5.41) is 8.66. The average molecular weight is 480 g/mol. The number of ether oxygens (including phenoxy) is 2. The molecule has 2 atom stereocenters. The molecule has 0 radical (unpaired) electrons. The van der Waals surface area contributed by atoms with Crippen LogP contribution in [-0.2, 0) is 6.61 Å². The summed E-state index contributed by atoms with van der Waals surface area (Å²) in [5.41, 5.74) is 1.96. The summed E-state index contributed by atoms with van der Waals surface area (Å²) in [6.07, 6.45) is 3.68. The molecule has 2 N–H and O–H groups in total. The summed E-state index contributed by atoms with van der Waals surface area (Å²) in [6, 6.07) is 14.7. The summed E-state index contributed by atoms with van der Waals surface area (Å²) < 4.78 is 11.1. The highest BCUT2D eigenvalue weighted by Crippen LogP contribution is 2.27. The van der Waals surface area contributed by atoms with Crippen LogP contribution in [0.4, 0.5) is 0 Å². The molecule has 1 aromatic heterocycles. The molecule has 34 heavy (non-hydrogen) atoms. The highest BCUT2D eigenvalue weighted by Gasteiger charge is 2.29. The second-order valence-electron chi connectivity index (χ2n) is 8.33. The monoisotopic (exact) mass is 479 g/mol. The number of nitrogens with one attached hydrogen (secondary N) is 2. The largest absolute Gasteiger partial charge is 0.493 e. The summed E-state index contributed by atoms with van der Waals surface area (Å²) >= 11 is 1.38. The van der Waals surface area contributed by atoms with Gasteiger partial charge in [0, 0.05) is 23.0 Å². The second-order valence-corrected chi connectivity index (χ2v) is 9.27. The van der Waals surface area contributed by atoms with Crippen LogP contribution in [0, 0.1) is 6.92 Å². The van der Waals surface area contributed by atoms with Crippen LogP contribution >= 0.6 is 11.3 Å². The van der Waals surface area contributed by atoms with E-state index < -0.39 is 0 Å². The Labute approximate surface area is 203 Å². The SMILES string of the molecule is COc1ccccc1OCc1nc(C(=O)N[C@H]2CCCC[C@@H]2NC(=O)c2ccccc2C)cs1. The van der Waals surface area contributed by atoms with Gasteiger partial charge in [0.25, 0.3) is 11.8 Å². The minimum absolute atomic E-state index is 0.103. The minimum atomic E-state index is -0.234. The van der Waals surface area contributed by atoms with Crippen molar-refractivity contribution in [3.63, 3.8) is 0 Å². The number of benzene rings is 2. The number of nitrogens with zero attached hydrogens (tertiary/aromatic N) is 1. The zero-order valence-corrected chi connectivity index (χ0v) is 20.2. The molecule has 4 rings (SSSR count). The molecule has 2 aromatic carbocycles. The van der Waals surface area contributed by atoms with E-state index >= 15 is 0 Å². The number of rotatable bonds is 8. The van der Waals surface area contributed by atoms with Crippen LogP contribution in [-0.4, -0.2) is 36.0 Å². The Bertz CT molecular complexity index is 1150. The van der Waals surface area contributed by atoms with Gasteiger partial charge >= 0.3 is 0 Å². The van der Waals surface area contributed by atoms with Gasteiger partial charge in [0.05, 0.1) is 7.11 Å². The number of hydrogen-bond donors (Lipinski definition) is 2. The van der Waals surface area contributed by atoms with Gasteiger partial charge in [0.15, 0.2) is 11.5 Å². The number of methoxy groups -OCH3 is 1. The number of aromatic nitrogens is 1. The Morgan fingerprint density at radius 3 is 2.32 bits per heavy atom. The first-order valence-corrected chi connectivity index (χ1v) is 12.3. The third-order valence-electron chi connectivity index (χ3n) is 5.99. The van der Waals surface area contributed by atoms with Crippen LogP contribution in [0.2, 0.25) is 0 Å². The number of para-hydroxylation sites is 2. The van der Waals surface area contributed by atoms with E-state index in [1.807, 2.05) is 55.5 Å². The Morgan fingerprint density at radius 2 is 1.62 bits per heavy atom. The van der Waals surface area contributed by atoms with Crippen molar-refractivity contribution in [3.05, 3.63) is 75.7 Å². The van der Waals surface area contributed by atoms with Gasteiger partial charge < -0.3 is 20.1 Å². The van der Waals surface area contributed by atoms with Crippen molar-refractivity contribution in [2.24, 2.45) is 0 Å². The van der Waals surface area contributed by atoms with Gasteiger partial charge in [-0.3, -0.25) is 9.59 Å². The van der Waals surface area contributed by atoms with Crippen LogP contribution in [0.3, 0.4) is 0 Å². The van der Waals surface area contributed by atoms with Crippen molar-refractivity contribution < 1.29 is 19.1 Å². The van der Waals surface area contributed by atoms with Crippen molar-refractivity contribution in [1.82, 2.24) is 15.6 Å². The van der Waals surface area contributed by atoms with Crippen LogP contribution < -0.4 is 20.1 Å². The third kappa shape index (κ3) is 5.75. The lowest BCUT2D eigenvalue weighted by atomic mass is 9.89. The quantitative estimate of drug-likeness (QED) is 0.496. The molecule has 0 saturated heterocycles. The smallest absolute Gasteiger partial charge is 0.271 e. The Morgan fingerprint density at radius 1 is 0.971 bits per heavy atom. The molecular formula is C26H29N3O4S. The summed E-state index contributed by atoms with van der Waals surface area (Å²) in [5.74, 6) is 0.935. The van der Waals surface area contributed by atoms with Gasteiger partial charge in [0.2, 0.25) is 0 Å². The summed E-state index contributed by atoms with van der Waals surface area (Å²) in [6.45, 7) is 2.17. The number of carbonyl (C=O) groups is 2. The number of amides is 2. The number of thiazole rings is 1. The maximum absolute atomic E-state index is 12.9. The lowest BCUT2D eigenvalue weighted by Gasteiger charge is -2.32. The van der Waals surface area contributed by atoms with Crippen molar-refractivity contribution >= 4 is 23.2 Å². The number of carbonyl (C=O) groups excluding carboxylic acids is 2. The molecule has 1 aliphatic rings. The van der Waals surface area contributed by atoms with Gasteiger partial charge in [-0.25, -0.2) is 4.98 Å². The van der Waals surface area contributed by atoms with Gasteiger partial charge in [-0.05, 0) is 43.5 Å². The standard InChI is InChI=1S/C26H29N3O4S/c1-17-9-3-4-10-18(17)25(30)28-19-11-5-6-12-20(19)29-26(31)21-16-34-24(27-21)15-33-23-14-8-7-13-22(23)32-2/h3-4,7-10,13-14,16,19-20H,5-6,11-12,15H2,1-2H3,(H,28,30)(H,29,31)/t19-,20-/m0/s1. The molecule has 0 spiro atoms. The first kappa shape index (κ1) is 23.8. The molecule has 2 amide bonds. The highest BCUT2D eigenvalue weighted by atomic mass is 32.1. The van der Waals surface area contributed by atoms with E-state index in [0.717, 1.165) is 31.2 Å². The molecule has 1 saturated carbocycles. The first-order chi connectivity index (χ1) is 16.5. The van der Waals surface area contributed by atoms with E-state index in [-0.39, 0.29) is 30.5 Å². The number of hydrogen-bond acceptors (Lipinski definition) is 6. The normalized spacial score (nSPS) is 17.6. The van der Waals surface area contributed by atoms with Crippen LogP contribution in [0.1, 0.15) is 57.1 Å². The topological polar surface area (TPSA) is 89.6 Å². The molecule has 1 aliphatic carbocycles. The van der Waals surface area contributed by atoms with Gasteiger partial charge in [-0.15, -0.1) is 11.3 Å². The van der Waals surface area contributed by atoms with E-state index in [2.05, 4.69) is 15.6 Å². The maximum atomic E-state index is 12.9. The lowest BCUT2D eigenvalue weighted by Crippen LogP contribution is -2.53. The van der Waals surface area contributed by atoms with Crippen LogP contribution in [0.5, 0.6) is 11.5 Å². The summed E-state index contributed by atoms with van der Waals surface area (Å²) in [7, 11) is 1.59. The molecule has 3 aromatic rings. The molecule has 7 nitrogen and oxygen atoms in total. The van der Waals surface area contributed by atoms with Gasteiger partial charge in [0.1, 0.15) is 17.3 Å². The van der Waals surface area contributed by atoms with Gasteiger partial charge in [-0.1, -0.05) is 43.2 Å². The third-order valence-corrected chi connectivity index (χ3v) is 6.82. The maximum Gasteiger partial charge on any atom is 0.271 e. The molecule has 8 heteroatoms. The van der Waals surface area contributed by atoms with Crippen molar-refractivity contribution in [3.8, 4) is 11.5 Å². The minimum Gasteiger partial charge on any atom is -0.493 e. The Hall–Kier alpha value is -3.39. The highest BCUT2D eigenvalue weighted by molar-refractivity contribution is 7.09. The molecule has 1 fully saturated rings. The fraction of sp³-hybridized carbons (Fsp3) is 0.346. The zero-order chi connectivity index (χ0) is 23.9. The van der Waals surface area contributed by atoms with Crippen LogP contribution in [0.25, 0.3) is 0 Å². The molecular weight excluding hydrogens is 450 g/mol. The molecule has 0 bridgehead atoms. The van der Waals surface area contributed by atoms with E-state index in [1.165, 1.54) is 11.3 Å². The van der Waals surface area contributed by atoms with Gasteiger partial charge in [-0.2, -0.15) is 0 Å². The Balaban J connectivity index is 1.36. The Kier molecular flexibility index (Phi) is 7.80. The van der Waals surface area contributed by atoms with Crippen LogP contribution in [0.15, 0.2) is 53.9 Å². The fourth-order valence-corrected chi connectivity index (χ4v) is 4.84. The zero-order valence-electron chi connectivity index (χ0n) is 19.4.